The van der Waals surface area contributed by atoms with Crippen LogP contribution in [-0.4, -0.2) is 15.1 Å². The molecule has 2 N–H and O–H groups in total. The van der Waals surface area contributed by atoms with Crippen molar-refractivity contribution in [2.24, 2.45) is 11.3 Å². The molecule has 3 aromatic rings. The first-order valence-corrected chi connectivity index (χ1v) is 10.0. The number of phenols is 1. The molecule has 1 aromatic carbocycles. The summed E-state index contributed by atoms with van der Waals surface area (Å²) in [6.07, 6.45) is 4.90. The minimum absolute atomic E-state index is 0.151. The molecule has 0 saturated carbocycles. The van der Waals surface area contributed by atoms with Gasteiger partial charge in [0.1, 0.15) is 22.7 Å². The van der Waals surface area contributed by atoms with E-state index in [2.05, 4.69) is 36.1 Å². The molecular weight excluding hydrogens is 366 g/mol. The van der Waals surface area contributed by atoms with Crippen molar-refractivity contribution < 1.29 is 5.11 Å². The normalized spacial score (nSPS) is 17.3. The number of aryl methyl sites for hydroxylation is 1. The van der Waals surface area contributed by atoms with Crippen molar-refractivity contribution in [1.29, 1.82) is 0 Å². The molecule has 1 unspecified atom stereocenters. The smallest absolute Gasteiger partial charge is 0.142 e. The summed E-state index contributed by atoms with van der Waals surface area (Å²) in [5, 5.41) is 15.0. The Morgan fingerprint density at radius 3 is 2.85 bits per heavy atom. The summed E-state index contributed by atoms with van der Waals surface area (Å²) < 4.78 is 0. The monoisotopic (exact) mass is 387 g/mol. The molecule has 26 heavy (non-hydrogen) atoms. The molecule has 0 bridgehead atoms. The fourth-order valence-electron chi connectivity index (χ4n) is 3.68. The van der Waals surface area contributed by atoms with E-state index in [9.17, 15) is 5.11 Å². The van der Waals surface area contributed by atoms with E-state index >= 15 is 0 Å². The van der Waals surface area contributed by atoms with Crippen molar-refractivity contribution in [3.63, 3.8) is 0 Å². The first-order chi connectivity index (χ1) is 12.3. The second kappa shape index (κ2) is 6.39. The fraction of sp³-hybridized carbons (Fsp3) is 0.400. The van der Waals surface area contributed by atoms with Gasteiger partial charge in [0.15, 0.2) is 0 Å². The first-order valence-electron chi connectivity index (χ1n) is 8.83. The maximum atomic E-state index is 10.1. The van der Waals surface area contributed by atoms with Crippen molar-refractivity contribution in [3.05, 3.63) is 40.0 Å². The topological polar surface area (TPSA) is 58.0 Å². The SMILES string of the molecule is CC(C)(C)C1CCc2c(sc3ncnc(Nc4cc(Cl)ccc4O)c23)C1. The highest BCUT2D eigenvalue weighted by molar-refractivity contribution is 7.19. The van der Waals surface area contributed by atoms with Gasteiger partial charge in [0.05, 0.1) is 11.1 Å². The van der Waals surface area contributed by atoms with Gasteiger partial charge >= 0.3 is 0 Å². The third-order valence-electron chi connectivity index (χ3n) is 5.28. The van der Waals surface area contributed by atoms with Crippen LogP contribution in [-0.2, 0) is 12.8 Å². The quantitative estimate of drug-likeness (QED) is 0.534. The minimum atomic E-state index is 0.151. The van der Waals surface area contributed by atoms with Crippen LogP contribution in [0.15, 0.2) is 24.5 Å². The van der Waals surface area contributed by atoms with Crippen LogP contribution >= 0.6 is 22.9 Å². The Kier molecular flexibility index (Phi) is 4.32. The van der Waals surface area contributed by atoms with Gasteiger partial charge in [-0.25, -0.2) is 9.97 Å². The van der Waals surface area contributed by atoms with Crippen LogP contribution in [0.2, 0.25) is 5.02 Å². The zero-order valence-electron chi connectivity index (χ0n) is 15.1. The summed E-state index contributed by atoms with van der Waals surface area (Å²) in [5.41, 5.74) is 2.23. The maximum Gasteiger partial charge on any atom is 0.142 e. The molecule has 1 aliphatic carbocycles. The first kappa shape index (κ1) is 17.6. The van der Waals surface area contributed by atoms with Gasteiger partial charge in [-0.15, -0.1) is 11.3 Å². The van der Waals surface area contributed by atoms with E-state index in [1.54, 1.807) is 35.9 Å². The zero-order chi connectivity index (χ0) is 18.5. The van der Waals surface area contributed by atoms with E-state index in [0.717, 1.165) is 28.9 Å². The highest BCUT2D eigenvalue weighted by Crippen LogP contribution is 2.44. The lowest BCUT2D eigenvalue weighted by atomic mass is 9.72. The molecule has 2 heterocycles. The van der Waals surface area contributed by atoms with Crippen molar-refractivity contribution in [2.45, 2.75) is 40.0 Å². The van der Waals surface area contributed by atoms with E-state index in [4.69, 9.17) is 11.6 Å². The van der Waals surface area contributed by atoms with Gasteiger partial charge in [-0.1, -0.05) is 32.4 Å². The second-order valence-electron chi connectivity index (χ2n) is 8.00. The number of phenolic OH excluding ortho intramolecular Hbond substituents is 1. The Balaban J connectivity index is 1.76. The van der Waals surface area contributed by atoms with Gasteiger partial charge in [-0.05, 0) is 54.4 Å². The standard InChI is InChI=1S/C20H22ClN3OS/c1-20(2,3)11-4-6-13-16(8-11)26-19-17(13)18(22-10-23-19)24-14-9-12(21)5-7-15(14)25/h5,7,9-11,25H,4,6,8H2,1-3H3,(H,22,23,24). The van der Waals surface area contributed by atoms with Crippen molar-refractivity contribution in [1.82, 2.24) is 9.97 Å². The number of hydrogen-bond acceptors (Lipinski definition) is 5. The zero-order valence-corrected chi connectivity index (χ0v) is 16.7. The Morgan fingerprint density at radius 1 is 1.27 bits per heavy atom. The summed E-state index contributed by atoms with van der Waals surface area (Å²) >= 11 is 7.84. The van der Waals surface area contributed by atoms with Gasteiger partial charge in [0, 0.05) is 9.90 Å². The lowest BCUT2D eigenvalue weighted by molar-refractivity contribution is 0.218. The van der Waals surface area contributed by atoms with Gasteiger partial charge in [-0.3, -0.25) is 0 Å². The molecule has 0 fully saturated rings. The maximum absolute atomic E-state index is 10.1. The lowest BCUT2D eigenvalue weighted by Gasteiger charge is -2.33. The second-order valence-corrected chi connectivity index (χ2v) is 9.52. The van der Waals surface area contributed by atoms with Gasteiger partial charge in [-0.2, -0.15) is 0 Å². The number of nitrogens with one attached hydrogen (secondary N) is 1. The Hall–Kier alpha value is -1.85. The molecule has 0 aliphatic heterocycles. The Bertz CT molecular complexity index is 977. The number of thiophene rings is 1. The van der Waals surface area contributed by atoms with E-state index in [1.165, 1.54) is 16.9 Å². The molecule has 0 amide bonds. The molecule has 2 aromatic heterocycles. The molecule has 0 saturated heterocycles. The molecule has 1 aliphatic rings. The third kappa shape index (κ3) is 3.14. The van der Waals surface area contributed by atoms with Crippen molar-refractivity contribution in [3.8, 4) is 5.75 Å². The van der Waals surface area contributed by atoms with Crippen LogP contribution in [0, 0.1) is 11.3 Å². The molecular formula is C20H22ClN3OS. The molecule has 136 valence electrons. The Morgan fingerprint density at radius 2 is 2.08 bits per heavy atom. The number of hydrogen-bond donors (Lipinski definition) is 2. The number of benzene rings is 1. The van der Waals surface area contributed by atoms with Gasteiger partial charge in [0.25, 0.3) is 0 Å². The number of halogens is 1. The number of aromatic nitrogens is 2. The molecule has 4 nitrogen and oxygen atoms in total. The molecule has 1 atom stereocenters. The largest absolute Gasteiger partial charge is 0.506 e. The van der Waals surface area contributed by atoms with Crippen molar-refractivity contribution >= 4 is 44.7 Å². The van der Waals surface area contributed by atoms with Gasteiger partial charge in [0.2, 0.25) is 0 Å². The summed E-state index contributed by atoms with van der Waals surface area (Å²) in [6.45, 7) is 6.97. The lowest BCUT2D eigenvalue weighted by Crippen LogP contribution is -2.26. The number of anilines is 2. The average Bonchev–Trinajstić information content (AvgIpc) is 2.96. The van der Waals surface area contributed by atoms with Crippen molar-refractivity contribution in [2.75, 3.05) is 5.32 Å². The summed E-state index contributed by atoms with van der Waals surface area (Å²) in [6, 6.07) is 4.95. The summed E-state index contributed by atoms with van der Waals surface area (Å²) in [7, 11) is 0. The molecule has 6 heteroatoms. The molecule has 0 radical (unpaired) electrons. The predicted molar refractivity (Wildman–Crippen MR) is 109 cm³/mol. The highest BCUT2D eigenvalue weighted by Gasteiger charge is 2.31. The third-order valence-corrected chi connectivity index (χ3v) is 6.68. The highest BCUT2D eigenvalue weighted by atomic mass is 35.5. The van der Waals surface area contributed by atoms with E-state index in [-0.39, 0.29) is 5.75 Å². The molecule has 4 rings (SSSR count). The number of nitrogens with zero attached hydrogens (tertiary/aromatic N) is 2. The fourth-order valence-corrected chi connectivity index (χ4v) is 5.12. The van der Waals surface area contributed by atoms with E-state index in [0.29, 0.717) is 22.0 Å². The average molecular weight is 388 g/mol. The van der Waals surface area contributed by atoms with Crippen LogP contribution in [0.3, 0.4) is 0 Å². The van der Waals surface area contributed by atoms with Crippen LogP contribution < -0.4 is 5.32 Å². The number of fused-ring (bicyclic) bond motifs is 3. The van der Waals surface area contributed by atoms with Gasteiger partial charge < -0.3 is 10.4 Å². The van der Waals surface area contributed by atoms with E-state index in [1.807, 2.05) is 0 Å². The summed E-state index contributed by atoms with van der Waals surface area (Å²) in [4.78, 5) is 11.4. The predicted octanol–water partition coefficient (Wildman–Crippen LogP) is 5.94. The number of aromatic hydroxyl groups is 1. The van der Waals surface area contributed by atoms with E-state index < -0.39 is 0 Å². The van der Waals surface area contributed by atoms with Crippen LogP contribution in [0.5, 0.6) is 5.75 Å². The number of rotatable bonds is 2. The van der Waals surface area contributed by atoms with Crippen LogP contribution in [0.25, 0.3) is 10.2 Å². The Labute approximate surface area is 162 Å². The summed E-state index contributed by atoms with van der Waals surface area (Å²) in [5.74, 6) is 1.57. The van der Waals surface area contributed by atoms with Crippen LogP contribution in [0.1, 0.15) is 37.6 Å². The molecule has 0 spiro atoms. The minimum Gasteiger partial charge on any atom is -0.506 e. The van der Waals surface area contributed by atoms with Crippen LogP contribution in [0.4, 0.5) is 11.5 Å².